The molecule has 132 valence electrons. The van der Waals surface area contributed by atoms with E-state index >= 15 is 0 Å². The zero-order valence-corrected chi connectivity index (χ0v) is 15.9. The van der Waals surface area contributed by atoms with Gasteiger partial charge < -0.3 is 15.0 Å². The van der Waals surface area contributed by atoms with E-state index in [-0.39, 0.29) is 0 Å². The van der Waals surface area contributed by atoms with Crippen LogP contribution >= 0.6 is 12.2 Å². The highest BCUT2D eigenvalue weighted by Crippen LogP contribution is 2.52. The highest BCUT2D eigenvalue weighted by atomic mass is 32.1. The van der Waals surface area contributed by atoms with Crippen LogP contribution in [0.15, 0.2) is 0 Å². The molecule has 0 unspecified atom stereocenters. The molecule has 0 radical (unpaired) electrons. The van der Waals surface area contributed by atoms with E-state index < -0.39 is 0 Å². The van der Waals surface area contributed by atoms with Crippen LogP contribution in [0.3, 0.4) is 0 Å². The van der Waals surface area contributed by atoms with Gasteiger partial charge in [0.25, 0.3) is 0 Å². The Hall–Kier alpha value is -0.390. The van der Waals surface area contributed by atoms with E-state index in [0.717, 1.165) is 57.5 Å². The largest absolute Gasteiger partial charge is 0.379 e. The van der Waals surface area contributed by atoms with Crippen molar-refractivity contribution in [2.75, 3.05) is 45.9 Å². The van der Waals surface area contributed by atoms with Gasteiger partial charge in [0.2, 0.25) is 0 Å². The molecule has 23 heavy (non-hydrogen) atoms. The molecule has 1 aliphatic carbocycles. The van der Waals surface area contributed by atoms with Crippen molar-refractivity contribution < 1.29 is 4.74 Å². The summed E-state index contributed by atoms with van der Waals surface area (Å²) in [5, 5.41) is 4.51. The van der Waals surface area contributed by atoms with Crippen molar-refractivity contribution in [3.05, 3.63) is 0 Å². The van der Waals surface area contributed by atoms with Crippen molar-refractivity contribution in [1.82, 2.24) is 15.1 Å². The van der Waals surface area contributed by atoms with Crippen LogP contribution in [-0.2, 0) is 4.74 Å². The SMILES string of the molecule is CC1(C)C[C@@H]2C[C@@](C)(CN2C(=S)NCCCN2CCOCC2)C1. The smallest absolute Gasteiger partial charge is 0.169 e. The topological polar surface area (TPSA) is 27.7 Å². The van der Waals surface area contributed by atoms with Crippen molar-refractivity contribution in [1.29, 1.82) is 0 Å². The van der Waals surface area contributed by atoms with Gasteiger partial charge in [-0.3, -0.25) is 4.90 Å². The third kappa shape index (κ3) is 4.37. The summed E-state index contributed by atoms with van der Waals surface area (Å²) in [5.41, 5.74) is 0.907. The molecule has 2 saturated heterocycles. The summed E-state index contributed by atoms with van der Waals surface area (Å²) in [7, 11) is 0. The molecular formula is C18H33N3OS. The van der Waals surface area contributed by atoms with E-state index in [2.05, 4.69) is 35.9 Å². The Balaban J connectivity index is 1.42. The summed E-state index contributed by atoms with van der Waals surface area (Å²) in [4.78, 5) is 4.97. The summed E-state index contributed by atoms with van der Waals surface area (Å²) in [6.07, 6.45) is 5.07. The summed E-state index contributed by atoms with van der Waals surface area (Å²) < 4.78 is 5.39. The summed E-state index contributed by atoms with van der Waals surface area (Å²) >= 11 is 5.71. The van der Waals surface area contributed by atoms with Gasteiger partial charge in [0, 0.05) is 32.2 Å². The predicted molar refractivity (Wildman–Crippen MR) is 98.7 cm³/mol. The number of rotatable bonds is 4. The molecule has 0 aromatic rings. The van der Waals surface area contributed by atoms with Crippen molar-refractivity contribution in [2.24, 2.45) is 10.8 Å². The molecule has 0 amide bonds. The second-order valence-corrected chi connectivity index (χ2v) is 9.27. The molecule has 3 aliphatic rings. The number of nitrogens with one attached hydrogen (secondary N) is 1. The maximum absolute atomic E-state index is 5.71. The number of hydrogen-bond acceptors (Lipinski definition) is 3. The average Bonchev–Trinajstić information content (AvgIpc) is 2.73. The number of nitrogens with zero attached hydrogens (tertiary/aromatic N) is 2. The van der Waals surface area contributed by atoms with Gasteiger partial charge in [-0.1, -0.05) is 20.8 Å². The van der Waals surface area contributed by atoms with Crippen LogP contribution < -0.4 is 5.32 Å². The first-order valence-electron chi connectivity index (χ1n) is 9.22. The lowest BCUT2D eigenvalue weighted by atomic mass is 9.65. The van der Waals surface area contributed by atoms with Crippen LogP contribution in [0.4, 0.5) is 0 Å². The number of thiocarbonyl (C=S) groups is 1. The van der Waals surface area contributed by atoms with Gasteiger partial charge in [-0.05, 0) is 55.3 Å². The second-order valence-electron chi connectivity index (χ2n) is 8.88. The average molecular weight is 340 g/mol. The quantitative estimate of drug-likeness (QED) is 0.627. The van der Waals surface area contributed by atoms with Crippen molar-refractivity contribution in [3.63, 3.8) is 0 Å². The molecule has 4 nitrogen and oxygen atoms in total. The van der Waals surface area contributed by atoms with Crippen LogP contribution in [0, 0.1) is 10.8 Å². The van der Waals surface area contributed by atoms with E-state index in [4.69, 9.17) is 17.0 Å². The summed E-state index contributed by atoms with van der Waals surface area (Å²) in [5.74, 6) is 0. The standard InChI is InChI=1S/C18H33N3OS/c1-17(2)11-15-12-18(3,13-17)14-21(15)16(23)19-5-4-6-20-7-9-22-10-8-20/h15H,4-14H2,1-3H3,(H,19,23)/t15-,18-/m1/s1. The highest BCUT2D eigenvalue weighted by Gasteiger charge is 2.50. The van der Waals surface area contributed by atoms with Gasteiger partial charge in [0.15, 0.2) is 5.11 Å². The Morgan fingerprint density at radius 3 is 2.70 bits per heavy atom. The van der Waals surface area contributed by atoms with Gasteiger partial charge in [0.05, 0.1) is 13.2 Å². The molecule has 2 bridgehead atoms. The molecular weight excluding hydrogens is 306 g/mol. The minimum Gasteiger partial charge on any atom is -0.379 e. The van der Waals surface area contributed by atoms with Gasteiger partial charge in [-0.2, -0.15) is 0 Å². The molecule has 2 aliphatic heterocycles. The molecule has 3 rings (SSSR count). The van der Waals surface area contributed by atoms with Gasteiger partial charge in [-0.25, -0.2) is 0 Å². The number of likely N-dealkylation sites (tertiary alicyclic amines) is 1. The molecule has 1 N–H and O–H groups in total. The molecule has 0 aromatic carbocycles. The van der Waals surface area contributed by atoms with Crippen LogP contribution in [0.25, 0.3) is 0 Å². The molecule has 2 heterocycles. The minimum atomic E-state index is 0.450. The summed E-state index contributed by atoms with van der Waals surface area (Å²) in [6.45, 7) is 14.5. The monoisotopic (exact) mass is 339 g/mol. The van der Waals surface area contributed by atoms with E-state index in [1.54, 1.807) is 0 Å². The van der Waals surface area contributed by atoms with E-state index in [1.165, 1.54) is 19.3 Å². The fourth-order valence-electron chi connectivity index (χ4n) is 5.12. The molecule has 5 heteroatoms. The Morgan fingerprint density at radius 1 is 1.22 bits per heavy atom. The normalized spacial score (nSPS) is 33.7. The number of ether oxygens (including phenoxy) is 1. The van der Waals surface area contributed by atoms with Gasteiger partial charge >= 0.3 is 0 Å². The first-order chi connectivity index (χ1) is 10.9. The second kappa shape index (κ2) is 6.85. The third-order valence-electron chi connectivity index (χ3n) is 5.71. The van der Waals surface area contributed by atoms with Gasteiger partial charge in [-0.15, -0.1) is 0 Å². The molecule has 2 atom stereocenters. The first kappa shape index (κ1) is 17.4. The maximum atomic E-state index is 5.71. The number of hydrogen-bond donors (Lipinski definition) is 1. The van der Waals surface area contributed by atoms with E-state index in [9.17, 15) is 0 Å². The van der Waals surface area contributed by atoms with Crippen LogP contribution in [0.5, 0.6) is 0 Å². The Labute approximate surface area is 146 Å². The predicted octanol–water partition coefficient (Wildman–Crippen LogP) is 2.48. The van der Waals surface area contributed by atoms with Gasteiger partial charge in [0.1, 0.15) is 0 Å². The molecule has 0 spiro atoms. The summed E-state index contributed by atoms with van der Waals surface area (Å²) in [6, 6.07) is 0.642. The fourth-order valence-corrected chi connectivity index (χ4v) is 5.44. The van der Waals surface area contributed by atoms with Crippen LogP contribution in [-0.4, -0.2) is 66.9 Å². The zero-order valence-electron chi connectivity index (χ0n) is 15.1. The lowest BCUT2D eigenvalue weighted by molar-refractivity contribution is 0.0375. The van der Waals surface area contributed by atoms with Crippen molar-refractivity contribution in [2.45, 2.75) is 52.5 Å². The lowest BCUT2D eigenvalue weighted by Crippen LogP contribution is -2.44. The van der Waals surface area contributed by atoms with Crippen molar-refractivity contribution >= 4 is 17.3 Å². The lowest BCUT2D eigenvalue weighted by Gasteiger charge is -2.39. The first-order valence-corrected chi connectivity index (χ1v) is 9.62. The number of morpholine rings is 1. The van der Waals surface area contributed by atoms with Crippen LogP contribution in [0.1, 0.15) is 46.5 Å². The Morgan fingerprint density at radius 2 is 1.96 bits per heavy atom. The highest BCUT2D eigenvalue weighted by molar-refractivity contribution is 7.80. The maximum Gasteiger partial charge on any atom is 0.169 e. The third-order valence-corrected chi connectivity index (χ3v) is 6.09. The van der Waals surface area contributed by atoms with E-state index in [1.807, 2.05) is 0 Å². The molecule has 0 aromatic heterocycles. The minimum absolute atomic E-state index is 0.450. The van der Waals surface area contributed by atoms with E-state index in [0.29, 0.717) is 16.9 Å². The van der Waals surface area contributed by atoms with Crippen molar-refractivity contribution in [3.8, 4) is 0 Å². The zero-order chi connectivity index (χ0) is 16.5. The number of fused-ring (bicyclic) bond motifs is 2. The Kier molecular flexibility index (Phi) is 5.19. The molecule has 1 saturated carbocycles. The molecule has 3 fully saturated rings. The fraction of sp³-hybridized carbons (Fsp3) is 0.944. The van der Waals surface area contributed by atoms with Crippen LogP contribution in [0.2, 0.25) is 0 Å². The Bertz CT molecular complexity index is 436.